The SMILES string of the molecule is C[C@@H](OC(=O)Cc1ccc2c(c1)CCC2)C(=O)Nc1ccc(C(N)=O)cc1. The number of anilines is 1. The first kappa shape index (κ1) is 18.6. The molecule has 1 atom stereocenters. The molecule has 0 bridgehead atoms. The van der Waals surface area contributed by atoms with Gasteiger partial charge in [0.1, 0.15) is 0 Å². The first-order chi connectivity index (χ1) is 12.9. The second-order valence-corrected chi connectivity index (χ2v) is 6.70. The highest BCUT2D eigenvalue weighted by Gasteiger charge is 2.19. The highest BCUT2D eigenvalue weighted by Crippen LogP contribution is 2.23. The molecule has 0 spiro atoms. The van der Waals surface area contributed by atoms with E-state index in [0.717, 1.165) is 24.8 Å². The molecule has 0 radical (unpaired) electrons. The Kier molecular flexibility index (Phi) is 5.54. The number of carbonyl (C=O) groups excluding carboxylic acids is 3. The van der Waals surface area contributed by atoms with Gasteiger partial charge in [0, 0.05) is 11.3 Å². The summed E-state index contributed by atoms with van der Waals surface area (Å²) >= 11 is 0. The van der Waals surface area contributed by atoms with Crippen molar-refractivity contribution >= 4 is 23.5 Å². The van der Waals surface area contributed by atoms with E-state index < -0.39 is 23.9 Å². The molecule has 0 aromatic heterocycles. The van der Waals surface area contributed by atoms with E-state index in [0.29, 0.717) is 11.3 Å². The summed E-state index contributed by atoms with van der Waals surface area (Å²) in [7, 11) is 0. The highest BCUT2D eigenvalue weighted by molar-refractivity contribution is 5.96. The van der Waals surface area contributed by atoms with Gasteiger partial charge >= 0.3 is 5.97 Å². The topological polar surface area (TPSA) is 98.5 Å². The lowest BCUT2D eigenvalue weighted by Gasteiger charge is -2.14. The molecule has 6 nitrogen and oxygen atoms in total. The third-order valence-electron chi connectivity index (χ3n) is 4.63. The van der Waals surface area contributed by atoms with Gasteiger partial charge in [0.15, 0.2) is 6.10 Å². The Balaban J connectivity index is 1.52. The molecular weight excluding hydrogens is 344 g/mol. The number of benzene rings is 2. The number of nitrogens with one attached hydrogen (secondary N) is 1. The molecule has 3 N–H and O–H groups in total. The molecule has 2 aromatic rings. The molecule has 1 aliphatic rings. The smallest absolute Gasteiger partial charge is 0.311 e. The molecule has 0 saturated carbocycles. The predicted octanol–water partition coefficient (Wildman–Crippen LogP) is 2.39. The van der Waals surface area contributed by atoms with Gasteiger partial charge in [-0.15, -0.1) is 0 Å². The van der Waals surface area contributed by atoms with E-state index in [2.05, 4.69) is 17.4 Å². The first-order valence-electron chi connectivity index (χ1n) is 8.93. The van der Waals surface area contributed by atoms with Gasteiger partial charge < -0.3 is 15.8 Å². The molecule has 6 heteroatoms. The fourth-order valence-electron chi connectivity index (χ4n) is 3.16. The van der Waals surface area contributed by atoms with Crippen molar-refractivity contribution < 1.29 is 19.1 Å². The van der Waals surface area contributed by atoms with Crippen LogP contribution in [0.1, 0.15) is 40.4 Å². The highest BCUT2D eigenvalue weighted by atomic mass is 16.5. The standard InChI is InChI=1S/C21H22N2O4/c1-13(21(26)23-18-9-7-16(8-10-18)20(22)25)27-19(24)12-14-5-6-15-3-2-4-17(15)11-14/h5-11,13H,2-4,12H2,1H3,(H2,22,25)(H,23,26)/t13-/m1/s1. The number of aryl methyl sites for hydroxylation is 2. The first-order valence-corrected chi connectivity index (χ1v) is 8.93. The van der Waals surface area contributed by atoms with Crippen LogP contribution in [0.25, 0.3) is 0 Å². The maximum absolute atomic E-state index is 12.2. The number of hydrogen-bond acceptors (Lipinski definition) is 4. The molecule has 2 aromatic carbocycles. The number of nitrogens with two attached hydrogens (primary N) is 1. The number of carbonyl (C=O) groups is 3. The van der Waals surface area contributed by atoms with E-state index in [4.69, 9.17) is 10.5 Å². The average Bonchev–Trinajstić information content (AvgIpc) is 3.09. The monoisotopic (exact) mass is 366 g/mol. The maximum Gasteiger partial charge on any atom is 0.311 e. The Bertz CT molecular complexity index is 874. The van der Waals surface area contributed by atoms with Crippen molar-refractivity contribution in [3.8, 4) is 0 Å². The fraction of sp³-hybridized carbons (Fsp3) is 0.286. The van der Waals surface area contributed by atoms with Crippen LogP contribution in [0.5, 0.6) is 0 Å². The van der Waals surface area contributed by atoms with Crippen LogP contribution in [0.15, 0.2) is 42.5 Å². The summed E-state index contributed by atoms with van der Waals surface area (Å²) in [6, 6.07) is 12.2. The maximum atomic E-state index is 12.2. The second-order valence-electron chi connectivity index (χ2n) is 6.70. The number of amides is 2. The minimum Gasteiger partial charge on any atom is -0.452 e. The Hall–Kier alpha value is -3.15. The summed E-state index contributed by atoms with van der Waals surface area (Å²) in [5, 5.41) is 2.64. The summed E-state index contributed by atoms with van der Waals surface area (Å²) in [5.41, 5.74) is 9.56. The molecular formula is C21H22N2O4. The van der Waals surface area contributed by atoms with Crippen LogP contribution in [0.2, 0.25) is 0 Å². The molecule has 140 valence electrons. The van der Waals surface area contributed by atoms with Crippen LogP contribution in [-0.2, 0) is 33.6 Å². The zero-order valence-corrected chi connectivity index (χ0v) is 15.2. The van der Waals surface area contributed by atoms with Crippen LogP contribution in [0.4, 0.5) is 5.69 Å². The van der Waals surface area contributed by atoms with Gasteiger partial charge in [-0.2, -0.15) is 0 Å². The Labute approximate surface area is 157 Å². The van der Waals surface area contributed by atoms with Crippen LogP contribution in [-0.4, -0.2) is 23.9 Å². The Morgan fingerprint density at radius 2 is 1.78 bits per heavy atom. The van der Waals surface area contributed by atoms with Crippen molar-refractivity contribution in [2.75, 3.05) is 5.32 Å². The van der Waals surface area contributed by atoms with Crippen molar-refractivity contribution in [1.29, 1.82) is 0 Å². The Morgan fingerprint density at radius 1 is 1.07 bits per heavy atom. The summed E-state index contributed by atoms with van der Waals surface area (Å²) in [6.07, 6.45) is 2.50. The van der Waals surface area contributed by atoms with Gasteiger partial charge in [-0.05, 0) is 67.1 Å². The third kappa shape index (κ3) is 4.73. The van der Waals surface area contributed by atoms with Gasteiger partial charge in [0.2, 0.25) is 5.91 Å². The van der Waals surface area contributed by atoms with Crippen LogP contribution >= 0.6 is 0 Å². The number of esters is 1. The minimum absolute atomic E-state index is 0.137. The zero-order chi connectivity index (χ0) is 19.4. The fourth-order valence-corrected chi connectivity index (χ4v) is 3.16. The van der Waals surface area contributed by atoms with Gasteiger partial charge in [-0.3, -0.25) is 14.4 Å². The van der Waals surface area contributed by atoms with Crippen LogP contribution in [0, 0.1) is 0 Å². The lowest BCUT2D eigenvalue weighted by Crippen LogP contribution is -2.30. The summed E-state index contributed by atoms with van der Waals surface area (Å²) < 4.78 is 5.24. The molecule has 3 rings (SSSR count). The molecule has 1 aliphatic carbocycles. The van der Waals surface area contributed by atoms with Gasteiger partial charge in [-0.25, -0.2) is 0 Å². The minimum atomic E-state index is -0.928. The molecule has 0 unspecified atom stereocenters. The lowest BCUT2D eigenvalue weighted by molar-refractivity contribution is -0.152. The second kappa shape index (κ2) is 8.03. The molecule has 2 amide bonds. The molecule has 0 heterocycles. The number of rotatable bonds is 6. The number of ether oxygens (including phenoxy) is 1. The normalized spacial score (nSPS) is 13.5. The van der Waals surface area contributed by atoms with Crippen molar-refractivity contribution in [3.05, 3.63) is 64.7 Å². The largest absolute Gasteiger partial charge is 0.452 e. The Morgan fingerprint density at radius 3 is 2.48 bits per heavy atom. The molecule has 0 saturated heterocycles. The van der Waals surface area contributed by atoms with Crippen molar-refractivity contribution in [2.45, 2.75) is 38.7 Å². The number of fused-ring (bicyclic) bond motifs is 1. The molecule has 0 fully saturated rings. The van der Waals surface area contributed by atoms with Crippen molar-refractivity contribution in [1.82, 2.24) is 0 Å². The summed E-state index contributed by atoms with van der Waals surface area (Å²) in [6.45, 7) is 1.52. The lowest BCUT2D eigenvalue weighted by atomic mass is 10.0. The van der Waals surface area contributed by atoms with Gasteiger partial charge in [0.25, 0.3) is 5.91 Å². The molecule has 0 aliphatic heterocycles. The van der Waals surface area contributed by atoms with Crippen molar-refractivity contribution in [2.24, 2.45) is 5.73 Å². The quantitative estimate of drug-likeness (QED) is 0.767. The average molecular weight is 366 g/mol. The summed E-state index contributed by atoms with van der Waals surface area (Å²) in [5.74, 6) is -1.43. The zero-order valence-electron chi connectivity index (χ0n) is 15.2. The van der Waals surface area contributed by atoms with E-state index in [9.17, 15) is 14.4 Å². The van der Waals surface area contributed by atoms with E-state index in [1.165, 1.54) is 30.2 Å². The predicted molar refractivity (Wildman–Crippen MR) is 101 cm³/mol. The van der Waals surface area contributed by atoms with E-state index in [1.807, 2.05) is 6.07 Å². The van der Waals surface area contributed by atoms with Crippen LogP contribution in [0.3, 0.4) is 0 Å². The van der Waals surface area contributed by atoms with Gasteiger partial charge in [-0.1, -0.05) is 18.2 Å². The third-order valence-corrected chi connectivity index (χ3v) is 4.63. The van der Waals surface area contributed by atoms with E-state index in [1.54, 1.807) is 12.1 Å². The number of hydrogen-bond donors (Lipinski definition) is 2. The summed E-state index contributed by atoms with van der Waals surface area (Å²) in [4.78, 5) is 35.4. The van der Waals surface area contributed by atoms with Crippen LogP contribution < -0.4 is 11.1 Å². The van der Waals surface area contributed by atoms with Crippen molar-refractivity contribution in [3.63, 3.8) is 0 Å². The number of primary amides is 1. The van der Waals surface area contributed by atoms with Gasteiger partial charge in [0.05, 0.1) is 6.42 Å². The van der Waals surface area contributed by atoms with E-state index in [-0.39, 0.29) is 6.42 Å². The molecule has 27 heavy (non-hydrogen) atoms. The van der Waals surface area contributed by atoms with E-state index >= 15 is 0 Å².